The number of allylic oxidation sites excluding steroid dienone is 1. The van der Waals surface area contributed by atoms with Gasteiger partial charge in [0.15, 0.2) is 4.80 Å². The molecule has 174 valence electrons. The maximum Gasteiger partial charge on any atom is 0.271 e. The van der Waals surface area contributed by atoms with Crippen LogP contribution in [0.4, 0.5) is 0 Å². The van der Waals surface area contributed by atoms with Gasteiger partial charge in [-0.2, -0.15) is 0 Å². The van der Waals surface area contributed by atoms with E-state index >= 15 is 0 Å². The van der Waals surface area contributed by atoms with Crippen LogP contribution in [0.25, 0.3) is 11.8 Å². The first-order valence-corrected chi connectivity index (χ1v) is 13.3. The number of fused-ring (bicyclic) bond motifs is 3. The van der Waals surface area contributed by atoms with Crippen LogP contribution in [0, 0.1) is 6.92 Å². The lowest BCUT2D eigenvalue weighted by Crippen LogP contribution is -2.38. The number of halogens is 2. The first kappa shape index (κ1) is 22.5. The van der Waals surface area contributed by atoms with Gasteiger partial charge in [-0.1, -0.05) is 93.0 Å². The summed E-state index contributed by atoms with van der Waals surface area (Å²) >= 11 is 10.9. The quantitative estimate of drug-likeness (QED) is 0.338. The maximum atomic E-state index is 13.8. The minimum Gasteiger partial charge on any atom is -0.506 e. The van der Waals surface area contributed by atoms with Crippen LogP contribution in [0.5, 0.6) is 5.75 Å². The molecule has 1 aliphatic heterocycles. The highest BCUT2D eigenvalue weighted by Gasteiger charge is 2.32. The Morgan fingerprint density at radius 3 is 2.71 bits per heavy atom. The van der Waals surface area contributed by atoms with Gasteiger partial charge in [0.05, 0.1) is 21.3 Å². The molecular weight excluding hydrogens is 544 g/mol. The van der Waals surface area contributed by atoms with Gasteiger partial charge in [-0.25, -0.2) is 4.99 Å². The summed E-state index contributed by atoms with van der Waals surface area (Å²) in [5.41, 5.74) is 7.16. The predicted octanol–water partition coefficient (Wildman–Crippen LogP) is 5.75. The van der Waals surface area contributed by atoms with Gasteiger partial charge >= 0.3 is 0 Å². The monoisotopic (exact) mass is 562 g/mol. The number of phenols is 1. The van der Waals surface area contributed by atoms with Crippen LogP contribution in [-0.4, -0.2) is 9.67 Å². The van der Waals surface area contributed by atoms with E-state index in [4.69, 9.17) is 16.6 Å². The molecule has 6 rings (SSSR count). The summed E-state index contributed by atoms with van der Waals surface area (Å²) in [6.45, 7) is 2.06. The molecule has 1 unspecified atom stereocenters. The van der Waals surface area contributed by atoms with Crippen LogP contribution in [0.3, 0.4) is 0 Å². The van der Waals surface area contributed by atoms with Crippen molar-refractivity contribution in [3.05, 3.63) is 123 Å². The first-order chi connectivity index (χ1) is 16.9. The van der Waals surface area contributed by atoms with Crippen molar-refractivity contribution in [1.29, 1.82) is 0 Å². The number of phenolic OH excluding ortho intramolecular Hbond substituents is 1. The van der Waals surface area contributed by atoms with Crippen molar-refractivity contribution < 1.29 is 5.11 Å². The Labute approximate surface area is 219 Å². The number of benzene rings is 3. The number of aromatic hydroxyl groups is 1. The lowest BCUT2D eigenvalue weighted by atomic mass is 9.83. The second-order valence-electron chi connectivity index (χ2n) is 8.85. The van der Waals surface area contributed by atoms with Crippen LogP contribution in [0.2, 0.25) is 5.02 Å². The fourth-order valence-corrected chi connectivity index (χ4v) is 6.73. The van der Waals surface area contributed by atoms with Crippen LogP contribution in [0.1, 0.15) is 40.3 Å². The average Bonchev–Trinajstić information content (AvgIpc) is 3.16. The van der Waals surface area contributed by atoms with Gasteiger partial charge in [0.1, 0.15) is 5.75 Å². The van der Waals surface area contributed by atoms with E-state index in [1.165, 1.54) is 28.0 Å². The Kier molecular flexibility index (Phi) is 5.55. The van der Waals surface area contributed by atoms with Crippen molar-refractivity contribution in [3.63, 3.8) is 0 Å². The Hall–Kier alpha value is -2.93. The van der Waals surface area contributed by atoms with Crippen LogP contribution in [0.15, 0.2) is 80.5 Å². The minimum absolute atomic E-state index is 0.0518. The summed E-state index contributed by atoms with van der Waals surface area (Å²) in [5, 5.41) is 10.7. The summed E-state index contributed by atoms with van der Waals surface area (Å²) in [7, 11) is 0. The molecule has 1 aromatic heterocycles. The molecule has 0 saturated heterocycles. The molecule has 3 aromatic carbocycles. The van der Waals surface area contributed by atoms with Gasteiger partial charge in [-0.3, -0.25) is 9.36 Å². The van der Waals surface area contributed by atoms with Gasteiger partial charge in [0, 0.05) is 15.6 Å². The highest BCUT2D eigenvalue weighted by molar-refractivity contribution is 9.10. The number of hydrogen-bond acceptors (Lipinski definition) is 4. The van der Waals surface area contributed by atoms with E-state index in [1.807, 2.05) is 10.6 Å². The van der Waals surface area contributed by atoms with Crippen molar-refractivity contribution in [2.24, 2.45) is 4.99 Å². The summed E-state index contributed by atoms with van der Waals surface area (Å²) in [6, 6.07) is 19.9. The Morgan fingerprint density at radius 1 is 1.14 bits per heavy atom. The largest absolute Gasteiger partial charge is 0.506 e. The zero-order valence-corrected chi connectivity index (χ0v) is 21.9. The highest BCUT2D eigenvalue weighted by atomic mass is 79.9. The molecule has 0 radical (unpaired) electrons. The Morgan fingerprint density at radius 2 is 1.91 bits per heavy atom. The van der Waals surface area contributed by atoms with E-state index in [0.717, 1.165) is 34.1 Å². The van der Waals surface area contributed by atoms with Gasteiger partial charge < -0.3 is 5.11 Å². The number of aromatic nitrogens is 1. The van der Waals surface area contributed by atoms with E-state index < -0.39 is 0 Å². The number of nitrogens with zero attached hydrogens (tertiary/aromatic N) is 2. The molecule has 35 heavy (non-hydrogen) atoms. The fraction of sp³-hybridized carbons (Fsp3) is 0.143. The topological polar surface area (TPSA) is 54.6 Å². The smallest absolute Gasteiger partial charge is 0.271 e. The second kappa shape index (κ2) is 8.63. The molecule has 0 saturated carbocycles. The minimum atomic E-state index is -0.225. The zero-order chi connectivity index (χ0) is 24.3. The van der Waals surface area contributed by atoms with E-state index in [1.54, 1.807) is 18.2 Å². The van der Waals surface area contributed by atoms with Crippen molar-refractivity contribution in [2.45, 2.75) is 25.8 Å². The summed E-state index contributed by atoms with van der Waals surface area (Å²) in [4.78, 5) is 19.5. The summed E-state index contributed by atoms with van der Waals surface area (Å²) in [6.07, 6.45) is 3.46. The maximum absolute atomic E-state index is 13.8. The number of thiazole rings is 1. The lowest BCUT2D eigenvalue weighted by Gasteiger charge is -2.30. The zero-order valence-electron chi connectivity index (χ0n) is 18.8. The lowest BCUT2D eigenvalue weighted by molar-refractivity contribution is 0.474. The van der Waals surface area contributed by atoms with Crippen LogP contribution >= 0.6 is 38.9 Å². The molecule has 0 amide bonds. The van der Waals surface area contributed by atoms with Crippen molar-refractivity contribution in [2.75, 3.05) is 0 Å². The second-order valence-corrected chi connectivity index (χ2v) is 11.2. The third-order valence-corrected chi connectivity index (χ3v) is 8.34. The molecule has 4 aromatic rings. The van der Waals surface area contributed by atoms with E-state index in [0.29, 0.717) is 14.9 Å². The predicted molar refractivity (Wildman–Crippen MR) is 145 cm³/mol. The number of aryl methyl sites for hydroxylation is 2. The SMILES string of the molecule is Cc1ccc(C2C3=C(N=c4sc(=Cc5cc(Br)cc(Cl)c5O)c(=O)n42)c2ccccc2CC3)cc1. The molecule has 1 N–H and O–H groups in total. The summed E-state index contributed by atoms with van der Waals surface area (Å²) < 4.78 is 3.03. The highest BCUT2D eigenvalue weighted by Crippen LogP contribution is 2.41. The molecule has 0 fully saturated rings. The first-order valence-electron chi connectivity index (χ1n) is 11.3. The number of rotatable bonds is 2. The molecule has 1 atom stereocenters. The molecule has 0 bridgehead atoms. The molecular formula is C28H20BrClN2O2S. The van der Waals surface area contributed by atoms with Crippen LogP contribution in [-0.2, 0) is 6.42 Å². The molecule has 1 aliphatic carbocycles. The molecule has 4 nitrogen and oxygen atoms in total. The normalized spacial score (nSPS) is 17.0. The van der Waals surface area contributed by atoms with Crippen molar-refractivity contribution in [3.8, 4) is 5.75 Å². The van der Waals surface area contributed by atoms with Gasteiger partial charge in [0.2, 0.25) is 0 Å². The molecule has 7 heteroatoms. The van der Waals surface area contributed by atoms with Gasteiger partial charge in [-0.05, 0) is 54.7 Å². The molecule has 2 aliphatic rings. The molecule has 0 spiro atoms. The Balaban J connectivity index is 1.64. The average molecular weight is 564 g/mol. The third-order valence-electron chi connectivity index (χ3n) is 6.61. The van der Waals surface area contributed by atoms with Gasteiger partial charge in [-0.15, -0.1) is 0 Å². The fourth-order valence-electron chi connectivity index (χ4n) is 4.91. The summed E-state index contributed by atoms with van der Waals surface area (Å²) in [5.74, 6) is -0.0518. The van der Waals surface area contributed by atoms with Crippen molar-refractivity contribution in [1.82, 2.24) is 4.57 Å². The van der Waals surface area contributed by atoms with E-state index in [-0.39, 0.29) is 22.4 Å². The number of hydrogen-bond donors (Lipinski definition) is 1. The molecule has 2 heterocycles. The standard InChI is InChI=1S/C28H20BrClN2O2S/c1-15-6-8-17(9-7-15)25-21-11-10-16-4-2-3-5-20(16)24(21)31-28-32(25)27(34)23(35-28)13-18-12-19(29)14-22(30)26(18)33/h2-9,12-14,25,33H,10-11H2,1H3. The van der Waals surface area contributed by atoms with Crippen molar-refractivity contribution >= 4 is 50.6 Å². The van der Waals surface area contributed by atoms with Gasteiger partial charge in [0.25, 0.3) is 5.56 Å². The Bertz CT molecular complexity index is 1720. The van der Waals surface area contributed by atoms with E-state index in [9.17, 15) is 9.90 Å². The third kappa shape index (κ3) is 3.80. The van der Waals surface area contributed by atoms with Crippen LogP contribution < -0.4 is 14.9 Å². The van der Waals surface area contributed by atoms with E-state index in [2.05, 4.69) is 65.3 Å².